The molecule has 3 aromatic rings. The highest BCUT2D eigenvalue weighted by molar-refractivity contribution is 6.34. The Labute approximate surface area is 173 Å². The van der Waals surface area contributed by atoms with Crippen molar-refractivity contribution in [3.05, 3.63) is 101 Å². The number of fused-ring (bicyclic) bond motifs is 1. The Balaban J connectivity index is 1.78. The summed E-state index contributed by atoms with van der Waals surface area (Å²) in [5, 5.41) is 0.346. The van der Waals surface area contributed by atoms with E-state index in [1.54, 1.807) is 30.3 Å². The second kappa shape index (κ2) is 7.99. The summed E-state index contributed by atoms with van der Waals surface area (Å²) in [6.45, 7) is -0.176. The number of benzene rings is 3. The zero-order valence-corrected chi connectivity index (χ0v) is 16.2. The van der Waals surface area contributed by atoms with Crippen LogP contribution in [0.15, 0.2) is 83.9 Å². The monoisotopic (exact) mass is 403 g/mol. The van der Waals surface area contributed by atoms with Crippen LogP contribution >= 0.6 is 11.6 Å². The molecule has 144 valence electrons. The van der Waals surface area contributed by atoms with Gasteiger partial charge in [-0.1, -0.05) is 72.3 Å². The fourth-order valence-electron chi connectivity index (χ4n) is 3.36. The molecule has 29 heavy (non-hydrogen) atoms. The van der Waals surface area contributed by atoms with Crippen LogP contribution in [0.3, 0.4) is 0 Å². The minimum Gasteiger partial charge on any atom is -0.302 e. The van der Waals surface area contributed by atoms with Gasteiger partial charge in [0.25, 0.3) is 5.91 Å². The third-order valence-corrected chi connectivity index (χ3v) is 5.09. The molecule has 1 atom stereocenters. The largest absolute Gasteiger partial charge is 0.302 e. The maximum Gasteiger partial charge on any atom is 0.266 e. The van der Waals surface area contributed by atoms with E-state index in [1.807, 2.05) is 48.5 Å². The van der Waals surface area contributed by atoms with Crippen LogP contribution in [0.4, 0.5) is 5.69 Å². The van der Waals surface area contributed by atoms with Crippen LogP contribution in [0.1, 0.15) is 21.5 Å². The predicted molar refractivity (Wildman–Crippen MR) is 115 cm³/mol. The van der Waals surface area contributed by atoms with Crippen LogP contribution in [-0.2, 0) is 4.79 Å². The van der Waals surface area contributed by atoms with Crippen molar-refractivity contribution >= 4 is 34.7 Å². The molecule has 1 unspecified atom stereocenters. The number of halogens is 1. The third-order valence-electron chi connectivity index (χ3n) is 4.76. The van der Waals surface area contributed by atoms with Crippen LogP contribution in [0.5, 0.6) is 0 Å². The smallest absolute Gasteiger partial charge is 0.266 e. The number of nitrogens with zero attached hydrogens (tertiary/aromatic N) is 2. The number of amides is 1. The van der Waals surface area contributed by atoms with E-state index in [-0.39, 0.29) is 12.3 Å². The number of para-hydroxylation sites is 1. The zero-order chi connectivity index (χ0) is 20.4. The van der Waals surface area contributed by atoms with Crippen molar-refractivity contribution in [3.8, 4) is 0 Å². The molecule has 1 aliphatic rings. The van der Waals surface area contributed by atoms with Crippen molar-refractivity contribution < 1.29 is 9.59 Å². The van der Waals surface area contributed by atoms with Gasteiger partial charge in [0.05, 0.1) is 23.0 Å². The van der Waals surface area contributed by atoms with Gasteiger partial charge in [-0.25, -0.2) is 0 Å². The van der Waals surface area contributed by atoms with Gasteiger partial charge in [-0.05, 0) is 18.2 Å². The summed E-state index contributed by atoms with van der Waals surface area (Å²) in [6, 6.07) is 23.7. The van der Waals surface area contributed by atoms with Gasteiger partial charge < -0.3 is 10.6 Å². The number of ketones is 1. The van der Waals surface area contributed by atoms with Crippen molar-refractivity contribution in [1.82, 2.24) is 0 Å². The summed E-state index contributed by atoms with van der Waals surface area (Å²) in [6.07, 6.45) is -1.11. The minimum absolute atomic E-state index is 0.176. The fourth-order valence-corrected chi connectivity index (χ4v) is 3.60. The van der Waals surface area contributed by atoms with Gasteiger partial charge in [0.1, 0.15) is 0 Å². The summed E-state index contributed by atoms with van der Waals surface area (Å²) in [4.78, 5) is 31.8. The van der Waals surface area contributed by atoms with Gasteiger partial charge in [-0.2, -0.15) is 0 Å². The molecule has 0 aliphatic carbocycles. The van der Waals surface area contributed by atoms with E-state index in [9.17, 15) is 9.59 Å². The molecule has 6 heteroatoms. The first kappa shape index (κ1) is 19.1. The van der Waals surface area contributed by atoms with Crippen LogP contribution in [0, 0.1) is 0 Å². The Morgan fingerprint density at radius 2 is 1.62 bits per heavy atom. The van der Waals surface area contributed by atoms with Crippen molar-refractivity contribution in [1.29, 1.82) is 0 Å². The number of carbonyl (C=O) groups is 2. The lowest BCUT2D eigenvalue weighted by Crippen LogP contribution is -2.44. The molecule has 0 spiro atoms. The predicted octanol–water partition coefficient (Wildman–Crippen LogP) is 3.69. The number of benzodiazepines with no additional fused rings is 1. The highest BCUT2D eigenvalue weighted by atomic mass is 35.5. The number of anilines is 1. The number of nitrogens with two attached hydrogens (primary N) is 1. The van der Waals surface area contributed by atoms with Gasteiger partial charge in [0.15, 0.2) is 11.9 Å². The number of Topliss-reactive ketones (excluding diaryl/α,β-unsaturated/α-hetero) is 1. The lowest BCUT2D eigenvalue weighted by atomic mass is 10.00. The van der Waals surface area contributed by atoms with E-state index in [0.29, 0.717) is 22.0 Å². The molecule has 2 N–H and O–H groups in total. The Kier molecular flexibility index (Phi) is 5.25. The van der Waals surface area contributed by atoms with Gasteiger partial charge in [0.2, 0.25) is 0 Å². The SMILES string of the molecule is NC1N=C(c2ccccc2)c2ccccc2N(CC(=O)c2ccccc2Cl)C1=O. The summed E-state index contributed by atoms with van der Waals surface area (Å²) >= 11 is 6.17. The number of hydrogen-bond acceptors (Lipinski definition) is 4. The molecule has 1 aliphatic heterocycles. The first-order valence-corrected chi connectivity index (χ1v) is 9.51. The van der Waals surface area contributed by atoms with E-state index in [0.717, 1.165) is 11.1 Å². The first-order chi connectivity index (χ1) is 14.1. The molecule has 0 aromatic heterocycles. The summed E-state index contributed by atoms with van der Waals surface area (Å²) in [7, 11) is 0. The Hall–Kier alpha value is -3.28. The Morgan fingerprint density at radius 1 is 0.966 bits per heavy atom. The van der Waals surface area contributed by atoms with E-state index < -0.39 is 12.1 Å². The molecule has 1 amide bonds. The maximum absolute atomic E-state index is 13.0. The quantitative estimate of drug-likeness (QED) is 0.675. The second-order valence-corrected chi connectivity index (χ2v) is 7.04. The number of hydrogen-bond donors (Lipinski definition) is 1. The van der Waals surface area contributed by atoms with E-state index in [2.05, 4.69) is 4.99 Å². The fraction of sp³-hybridized carbons (Fsp3) is 0.0870. The molecule has 0 saturated heterocycles. The average molecular weight is 404 g/mol. The van der Waals surface area contributed by atoms with Gasteiger partial charge in [-0.15, -0.1) is 0 Å². The van der Waals surface area contributed by atoms with E-state index in [1.165, 1.54) is 4.90 Å². The standard InChI is InChI=1S/C23H18ClN3O2/c24-18-12-6-4-10-16(18)20(28)14-27-19-13-7-5-11-17(19)21(26-22(25)23(27)29)15-8-2-1-3-9-15/h1-13,22H,14,25H2. The second-order valence-electron chi connectivity index (χ2n) is 6.63. The normalized spacial score (nSPS) is 16.1. The molecule has 5 nitrogen and oxygen atoms in total. The van der Waals surface area contributed by atoms with Crippen LogP contribution in [0.2, 0.25) is 5.02 Å². The Bertz CT molecular complexity index is 1110. The highest BCUT2D eigenvalue weighted by Gasteiger charge is 2.31. The highest BCUT2D eigenvalue weighted by Crippen LogP contribution is 2.28. The van der Waals surface area contributed by atoms with Gasteiger partial charge >= 0.3 is 0 Å². The topological polar surface area (TPSA) is 75.8 Å². The third kappa shape index (κ3) is 3.70. The van der Waals surface area contributed by atoms with Crippen molar-refractivity contribution in [3.63, 3.8) is 0 Å². The van der Waals surface area contributed by atoms with Crippen molar-refractivity contribution in [2.24, 2.45) is 10.7 Å². The van der Waals surface area contributed by atoms with Crippen molar-refractivity contribution in [2.75, 3.05) is 11.4 Å². The van der Waals surface area contributed by atoms with Crippen LogP contribution in [0.25, 0.3) is 0 Å². The molecule has 0 saturated carbocycles. The van der Waals surface area contributed by atoms with E-state index in [4.69, 9.17) is 17.3 Å². The van der Waals surface area contributed by atoms with Gasteiger partial charge in [0, 0.05) is 16.7 Å². The molecule has 0 radical (unpaired) electrons. The maximum atomic E-state index is 13.0. The molecule has 3 aromatic carbocycles. The summed E-state index contributed by atoms with van der Waals surface area (Å²) in [5.74, 6) is -0.710. The molecule has 1 heterocycles. The van der Waals surface area contributed by atoms with Crippen molar-refractivity contribution in [2.45, 2.75) is 6.17 Å². The van der Waals surface area contributed by atoms with E-state index >= 15 is 0 Å². The van der Waals surface area contributed by atoms with Crippen LogP contribution in [-0.4, -0.2) is 30.1 Å². The van der Waals surface area contributed by atoms with Gasteiger partial charge in [-0.3, -0.25) is 14.6 Å². The molecular weight excluding hydrogens is 386 g/mol. The minimum atomic E-state index is -1.11. The molecule has 4 rings (SSSR count). The molecular formula is C23H18ClN3O2. The first-order valence-electron chi connectivity index (χ1n) is 9.13. The number of rotatable bonds is 4. The van der Waals surface area contributed by atoms with Crippen LogP contribution < -0.4 is 10.6 Å². The lowest BCUT2D eigenvalue weighted by molar-refractivity contribution is -0.119. The zero-order valence-electron chi connectivity index (χ0n) is 15.5. The number of carbonyl (C=O) groups excluding carboxylic acids is 2. The lowest BCUT2D eigenvalue weighted by Gasteiger charge is -2.23. The molecule has 0 bridgehead atoms. The summed E-state index contributed by atoms with van der Waals surface area (Å²) < 4.78 is 0. The molecule has 0 fully saturated rings. The average Bonchev–Trinajstić information content (AvgIpc) is 2.85. The summed E-state index contributed by atoms with van der Waals surface area (Å²) in [5.41, 5.74) is 9.27. The Morgan fingerprint density at radius 3 is 2.38 bits per heavy atom. The number of aliphatic imine (C=N–C) groups is 1.